The van der Waals surface area contributed by atoms with Gasteiger partial charge in [0, 0.05) is 22.1 Å². The molecule has 3 aromatic carbocycles. The number of aryl methyl sites for hydroxylation is 1. The third-order valence-electron chi connectivity index (χ3n) is 5.11. The highest BCUT2D eigenvalue weighted by Crippen LogP contribution is 2.37. The van der Waals surface area contributed by atoms with E-state index >= 15 is 0 Å². The maximum absolute atomic E-state index is 13.3. The van der Waals surface area contributed by atoms with Crippen LogP contribution in [-0.2, 0) is 16.0 Å². The molecule has 1 atom stereocenters. The van der Waals surface area contributed by atoms with Gasteiger partial charge in [0.1, 0.15) is 6.54 Å². The molecule has 5 heteroatoms. The molecular weight excluding hydrogens is 428 g/mol. The van der Waals surface area contributed by atoms with Crippen molar-refractivity contribution in [2.75, 3.05) is 11.9 Å². The van der Waals surface area contributed by atoms with Crippen LogP contribution in [0.4, 0.5) is 5.69 Å². The van der Waals surface area contributed by atoms with Crippen molar-refractivity contribution in [3.05, 3.63) is 100 Å². The van der Waals surface area contributed by atoms with Crippen molar-refractivity contribution in [3.63, 3.8) is 0 Å². The summed E-state index contributed by atoms with van der Waals surface area (Å²) in [6, 6.07) is 25.2. The quantitative estimate of drug-likeness (QED) is 0.613. The minimum absolute atomic E-state index is 0.0273. The number of amides is 2. The van der Waals surface area contributed by atoms with Gasteiger partial charge in [0.05, 0.1) is 6.04 Å². The Kier molecular flexibility index (Phi) is 5.76. The first-order chi connectivity index (χ1) is 14.1. The van der Waals surface area contributed by atoms with Gasteiger partial charge in [-0.3, -0.25) is 9.59 Å². The fourth-order valence-corrected chi connectivity index (χ4v) is 4.12. The van der Waals surface area contributed by atoms with Crippen molar-refractivity contribution in [2.24, 2.45) is 0 Å². The topological polar surface area (TPSA) is 49.4 Å². The van der Waals surface area contributed by atoms with Gasteiger partial charge in [-0.2, -0.15) is 0 Å². The predicted octanol–water partition coefficient (Wildman–Crippen LogP) is 4.95. The molecule has 3 aromatic rings. The van der Waals surface area contributed by atoms with Crippen molar-refractivity contribution in [3.8, 4) is 0 Å². The van der Waals surface area contributed by atoms with Crippen molar-refractivity contribution in [1.82, 2.24) is 4.90 Å². The Morgan fingerprint density at radius 1 is 1.00 bits per heavy atom. The Bertz CT molecular complexity index is 1020. The number of hydrogen-bond acceptors (Lipinski definition) is 2. The average Bonchev–Trinajstić information content (AvgIpc) is 2.89. The highest BCUT2D eigenvalue weighted by molar-refractivity contribution is 9.10. The summed E-state index contributed by atoms with van der Waals surface area (Å²) in [5.41, 5.74) is 3.74. The molecule has 0 saturated carbocycles. The Morgan fingerprint density at radius 2 is 1.69 bits per heavy atom. The molecule has 2 amide bonds. The lowest BCUT2D eigenvalue weighted by Gasteiger charge is -2.31. The van der Waals surface area contributed by atoms with E-state index in [4.69, 9.17) is 0 Å². The summed E-state index contributed by atoms with van der Waals surface area (Å²) in [7, 11) is 0. The van der Waals surface area contributed by atoms with Crippen molar-refractivity contribution < 1.29 is 9.59 Å². The van der Waals surface area contributed by atoms with Crippen LogP contribution in [0.2, 0.25) is 0 Å². The van der Waals surface area contributed by atoms with E-state index in [1.165, 1.54) is 0 Å². The molecule has 0 bridgehead atoms. The molecule has 0 saturated heterocycles. The zero-order chi connectivity index (χ0) is 20.2. The van der Waals surface area contributed by atoms with Gasteiger partial charge in [-0.1, -0.05) is 76.6 Å². The number of carbonyl (C=O) groups excluding carboxylic acids is 2. The van der Waals surface area contributed by atoms with Crippen LogP contribution in [0.25, 0.3) is 0 Å². The lowest BCUT2D eigenvalue weighted by molar-refractivity contribution is -0.136. The molecule has 1 aliphatic rings. The lowest BCUT2D eigenvalue weighted by atomic mass is 9.95. The molecule has 0 unspecified atom stereocenters. The Labute approximate surface area is 178 Å². The zero-order valence-electron chi connectivity index (χ0n) is 15.8. The standard InChI is InChI=1S/C24H21BrN2O2/c25-19-12-13-21-20(15-19)24(18-9-5-2-6-10-18)27(16-22(28)26-21)23(29)14-11-17-7-3-1-4-8-17/h1-10,12-13,15,24H,11,14,16H2,(H,26,28)/t24-/m1/s1. The van der Waals surface area contributed by atoms with Gasteiger partial charge in [-0.25, -0.2) is 0 Å². The van der Waals surface area contributed by atoms with Crippen LogP contribution < -0.4 is 5.32 Å². The Balaban J connectivity index is 1.71. The average molecular weight is 449 g/mol. The monoisotopic (exact) mass is 448 g/mol. The normalized spacial score (nSPS) is 16.0. The van der Waals surface area contributed by atoms with Crippen molar-refractivity contribution in [1.29, 1.82) is 0 Å². The molecule has 0 radical (unpaired) electrons. The molecule has 1 aliphatic heterocycles. The summed E-state index contributed by atoms with van der Waals surface area (Å²) < 4.78 is 0.907. The number of nitrogens with zero attached hydrogens (tertiary/aromatic N) is 1. The van der Waals surface area contributed by atoms with E-state index < -0.39 is 0 Å². The van der Waals surface area contributed by atoms with Gasteiger partial charge in [0.15, 0.2) is 0 Å². The summed E-state index contributed by atoms with van der Waals surface area (Å²) in [6.07, 6.45) is 0.995. The molecule has 1 heterocycles. The van der Waals surface area contributed by atoms with Crippen LogP contribution in [0.1, 0.15) is 29.2 Å². The second kappa shape index (κ2) is 8.62. The van der Waals surface area contributed by atoms with Crippen LogP contribution in [0.5, 0.6) is 0 Å². The second-order valence-electron chi connectivity index (χ2n) is 7.10. The number of carbonyl (C=O) groups is 2. The SMILES string of the molecule is O=C1CN(C(=O)CCc2ccccc2)[C@H](c2ccccc2)c2cc(Br)ccc2N1. The van der Waals surface area contributed by atoms with Crippen LogP contribution in [0.15, 0.2) is 83.3 Å². The van der Waals surface area contributed by atoms with Crippen LogP contribution in [0, 0.1) is 0 Å². The second-order valence-corrected chi connectivity index (χ2v) is 8.02. The van der Waals surface area contributed by atoms with Crippen LogP contribution in [0.3, 0.4) is 0 Å². The first kappa shape index (κ1) is 19.4. The molecule has 4 rings (SSSR count). The number of halogens is 1. The number of nitrogens with one attached hydrogen (secondary N) is 1. The number of rotatable bonds is 4. The highest BCUT2D eigenvalue weighted by Gasteiger charge is 2.33. The first-order valence-electron chi connectivity index (χ1n) is 9.59. The molecule has 4 nitrogen and oxygen atoms in total. The maximum atomic E-state index is 13.3. The van der Waals surface area contributed by atoms with Gasteiger partial charge in [-0.05, 0) is 35.7 Å². The highest BCUT2D eigenvalue weighted by atomic mass is 79.9. The third-order valence-corrected chi connectivity index (χ3v) is 5.61. The smallest absolute Gasteiger partial charge is 0.244 e. The summed E-state index contributed by atoms with van der Waals surface area (Å²) >= 11 is 3.53. The summed E-state index contributed by atoms with van der Waals surface area (Å²) in [5, 5.41) is 2.95. The summed E-state index contributed by atoms with van der Waals surface area (Å²) in [6.45, 7) is 0.0273. The van der Waals surface area contributed by atoms with E-state index in [0.29, 0.717) is 12.8 Å². The lowest BCUT2D eigenvalue weighted by Crippen LogP contribution is -2.39. The number of anilines is 1. The van der Waals surface area contributed by atoms with E-state index in [-0.39, 0.29) is 24.4 Å². The van der Waals surface area contributed by atoms with E-state index in [9.17, 15) is 9.59 Å². The largest absolute Gasteiger partial charge is 0.324 e. The minimum atomic E-state index is -0.328. The van der Waals surface area contributed by atoms with Crippen LogP contribution in [-0.4, -0.2) is 23.3 Å². The Hall–Kier alpha value is -2.92. The van der Waals surface area contributed by atoms with Gasteiger partial charge >= 0.3 is 0 Å². The summed E-state index contributed by atoms with van der Waals surface area (Å²) in [5.74, 6) is -0.217. The number of benzene rings is 3. The van der Waals surface area contributed by atoms with Crippen molar-refractivity contribution >= 4 is 33.4 Å². The number of fused-ring (bicyclic) bond motifs is 1. The number of hydrogen-bond donors (Lipinski definition) is 1. The molecule has 0 aromatic heterocycles. The molecule has 0 aliphatic carbocycles. The van der Waals surface area contributed by atoms with E-state index in [2.05, 4.69) is 21.2 Å². The fraction of sp³-hybridized carbons (Fsp3) is 0.167. The predicted molar refractivity (Wildman–Crippen MR) is 118 cm³/mol. The molecule has 146 valence electrons. The minimum Gasteiger partial charge on any atom is -0.324 e. The van der Waals surface area contributed by atoms with Crippen LogP contribution >= 0.6 is 15.9 Å². The van der Waals surface area contributed by atoms with Gasteiger partial charge in [0.2, 0.25) is 11.8 Å². The third kappa shape index (κ3) is 4.40. The van der Waals surface area contributed by atoms with E-state index in [1.54, 1.807) is 4.90 Å². The first-order valence-corrected chi connectivity index (χ1v) is 10.4. The molecule has 0 spiro atoms. The zero-order valence-corrected chi connectivity index (χ0v) is 17.4. The van der Waals surface area contributed by atoms with Gasteiger partial charge < -0.3 is 10.2 Å². The summed E-state index contributed by atoms with van der Waals surface area (Å²) in [4.78, 5) is 27.6. The Morgan fingerprint density at radius 3 is 2.41 bits per heavy atom. The van der Waals surface area contributed by atoms with E-state index in [0.717, 1.165) is 26.9 Å². The maximum Gasteiger partial charge on any atom is 0.244 e. The molecule has 29 heavy (non-hydrogen) atoms. The van der Waals surface area contributed by atoms with Gasteiger partial charge in [0.25, 0.3) is 0 Å². The van der Waals surface area contributed by atoms with Gasteiger partial charge in [-0.15, -0.1) is 0 Å². The fourth-order valence-electron chi connectivity index (χ4n) is 3.74. The molecule has 0 fully saturated rings. The molecule has 1 N–H and O–H groups in total. The molecular formula is C24H21BrN2O2. The van der Waals surface area contributed by atoms with Crippen molar-refractivity contribution in [2.45, 2.75) is 18.9 Å². The van der Waals surface area contributed by atoms with E-state index in [1.807, 2.05) is 78.9 Å².